The summed E-state index contributed by atoms with van der Waals surface area (Å²) in [5.74, 6) is -0.508. The van der Waals surface area contributed by atoms with Crippen LogP contribution in [0, 0.1) is 17.1 Å². The van der Waals surface area contributed by atoms with Gasteiger partial charge in [-0.2, -0.15) is 5.26 Å². The van der Waals surface area contributed by atoms with Crippen molar-refractivity contribution in [2.24, 2.45) is 5.73 Å². The van der Waals surface area contributed by atoms with E-state index in [1.54, 1.807) is 27.9 Å². The van der Waals surface area contributed by atoms with Gasteiger partial charge in [-0.15, -0.1) is 17.5 Å². The van der Waals surface area contributed by atoms with E-state index in [1.807, 2.05) is 24.3 Å². The monoisotopic (exact) mass is 440 g/mol. The zero-order valence-corrected chi connectivity index (χ0v) is 17.5. The highest BCUT2D eigenvalue weighted by Gasteiger charge is 2.31. The highest BCUT2D eigenvalue weighted by molar-refractivity contribution is 5.85. The molecule has 2 heterocycles. The molecular formula is C22H22ClFN6O. The third-order valence-corrected chi connectivity index (χ3v) is 5.27. The largest absolute Gasteiger partial charge is 0.325 e. The molecule has 3 aromatic rings. The molecule has 0 saturated carbocycles. The fourth-order valence-electron chi connectivity index (χ4n) is 3.67. The SMILES string of the molecule is Cl.N#C[C@@H]1CCCN1C(=O)[C@@H](N)Cc1ccc(-n2cc(-c3cccc(F)c3)nn2)cc1. The molecule has 7 nitrogen and oxygen atoms in total. The average molecular weight is 441 g/mol. The van der Waals surface area contributed by atoms with Crippen molar-refractivity contribution in [2.45, 2.75) is 31.3 Å². The van der Waals surface area contributed by atoms with E-state index in [0.717, 1.165) is 17.7 Å². The predicted molar refractivity (Wildman–Crippen MR) is 116 cm³/mol. The van der Waals surface area contributed by atoms with Crippen LogP contribution in [0.25, 0.3) is 16.9 Å². The van der Waals surface area contributed by atoms with Crippen LogP contribution in [0.3, 0.4) is 0 Å². The second kappa shape index (κ2) is 9.69. The van der Waals surface area contributed by atoms with E-state index in [9.17, 15) is 9.18 Å². The summed E-state index contributed by atoms with van der Waals surface area (Å²) in [6, 6.07) is 14.8. The number of amides is 1. The number of halogens is 2. The fourth-order valence-corrected chi connectivity index (χ4v) is 3.67. The zero-order valence-electron chi connectivity index (χ0n) is 16.7. The van der Waals surface area contributed by atoms with Gasteiger partial charge in [-0.05, 0) is 49.1 Å². The van der Waals surface area contributed by atoms with Gasteiger partial charge in [0.15, 0.2) is 0 Å². The molecular weight excluding hydrogens is 419 g/mol. The first-order valence-corrected chi connectivity index (χ1v) is 9.78. The lowest BCUT2D eigenvalue weighted by Crippen LogP contribution is -2.46. The van der Waals surface area contributed by atoms with Crippen LogP contribution in [-0.2, 0) is 11.2 Å². The molecule has 31 heavy (non-hydrogen) atoms. The van der Waals surface area contributed by atoms with Gasteiger partial charge in [-0.3, -0.25) is 4.79 Å². The standard InChI is InChI=1S/C22H21FN6O.ClH/c23-17-4-1-3-16(12-17)21-14-29(27-26-21)18-8-6-15(7-9-18)11-20(25)22(30)28-10-2-5-19(28)13-24;/h1,3-4,6-9,12,14,19-20H,2,5,10-11,25H2;1H/t19-,20-;/m0./s1. The van der Waals surface area contributed by atoms with Gasteiger partial charge >= 0.3 is 0 Å². The second-order valence-corrected chi connectivity index (χ2v) is 7.35. The lowest BCUT2D eigenvalue weighted by Gasteiger charge is -2.23. The minimum absolute atomic E-state index is 0. The topological polar surface area (TPSA) is 101 Å². The van der Waals surface area contributed by atoms with Crippen LogP contribution in [0.15, 0.2) is 54.7 Å². The average Bonchev–Trinajstić information content (AvgIpc) is 3.43. The lowest BCUT2D eigenvalue weighted by molar-refractivity contribution is -0.132. The Morgan fingerprint density at radius 1 is 1.29 bits per heavy atom. The maximum Gasteiger partial charge on any atom is 0.240 e. The van der Waals surface area contributed by atoms with Gasteiger partial charge in [0.05, 0.1) is 24.0 Å². The molecule has 0 bridgehead atoms. The smallest absolute Gasteiger partial charge is 0.240 e. The van der Waals surface area contributed by atoms with Gasteiger partial charge in [-0.1, -0.05) is 29.5 Å². The molecule has 4 rings (SSSR count). The molecule has 1 aliphatic rings. The molecule has 1 saturated heterocycles. The predicted octanol–water partition coefficient (Wildman–Crippen LogP) is 2.88. The molecule has 1 fully saturated rings. The number of likely N-dealkylation sites (tertiary alicyclic amines) is 1. The first-order chi connectivity index (χ1) is 14.5. The maximum atomic E-state index is 13.4. The molecule has 0 aliphatic carbocycles. The van der Waals surface area contributed by atoms with Gasteiger partial charge in [0.25, 0.3) is 0 Å². The van der Waals surface area contributed by atoms with Crippen molar-refractivity contribution in [3.63, 3.8) is 0 Å². The highest BCUT2D eigenvalue weighted by Crippen LogP contribution is 2.20. The third kappa shape index (κ3) is 4.90. The van der Waals surface area contributed by atoms with Crippen molar-refractivity contribution in [3.8, 4) is 23.0 Å². The van der Waals surface area contributed by atoms with E-state index >= 15 is 0 Å². The minimum atomic E-state index is -0.684. The van der Waals surface area contributed by atoms with Crippen molar-refractivity contribution in [3.05, 3.63) is 66.1 Å². The molecule has 2 aromatic carbocycles. The molecule has 1 aliphatic heterocycles. The number of nitriles is 1. The first kappa shape index (κ1) is 22.4. The number of hydrogen-bond acceptors (Lipinski definition) is 5. The van der Waals surface area contributed by atoms with Crippen molar-refractivity contribution >= 4 is 18.3 Å². The Morgan fingerprint density at radius 3 is 2.77 bits per heavy atom. The fraction of sp³-hybridized carbons (Fsp3) is 0.273. The number of aromatic nitrogens is 3. The van der Waals surface area contributed by atoms with E-state index in [-0.39, 0.29) is 30.2 Å². The summed E-state index contributed by atoms with van der Waals surface area (Å²) in [5.41, 5.74) is 9.05. The van der Waals surface area contributed by atoms with Crippen LogP contribution in [-0.4, -0.2) is 44.4 Å². The van der Waals surface area contributed by atoms with Gasteiger partial charge in [-0.25, -0.2) is 9.07 Å². The third-order valence-electron chi connectivity index (χ3n) is 5.27. The Hall–Kier alpha value is -3.28. The number of carbonyl (C=O) groups is 1. The van der Waals surface area contributed by atoms with Gasteiger partial charge in [0, 0.05) is 12.1 Å². The molecule has 2 N–H and O–H groups in total. The van der Waals surface area contributed by atoms with Crippen LogP contribution in [0.1, 0.15) is 18.4 Å². The molecule has 160 valence electrons. The highest BCUT2D eigenvalue weighted by atomic mass is 35.5. The van der Waals surface area contributed by atoms with E-state index in [0.29, 0.717) is 30.6 Å². The summed E-state index contributed by atoms with van der Waals surface area (Å²) < 4.78 is 15.0. The molecule has 9 heteroatoms. The van der Waals surface area contributed by atoms with Crippen LogP contribution >= 0.6 is 12.4 Å². The summed E-state index contributed by atoms with van der Waals surface area (Å²) in [7, 11) is 0. The Bertz CT molecular complexity index is 1090. The molecule has 1 aromatic heterocycles. The Labute approximate surface area is 185 Å². The number of nitrogens with two attached hydrogens (primary N) is 1. The van der Waals surface area contributed by atoms with Crippen LogP contribution < -0.4 is 5.73 Å². The van der Waals surface area contributed by atoms with E-state index in [1.165, 1.54) is 12.1 Å². The van der Waals surface area contributed by atoms with Gasteiger partial charge in [0.1, 0.15) is 17.6 Å². The molecule has 0 unspecified atom stereocenters. The summed E-state index contributed by atoms with van der Waals surface area (Å²) in [6.45, 7) is 0.587. The zero-order chi connectivity index (χ0) is 21.1. The summed E-state index contributed by atoms with van der Waals surface area (Å²) >= 11 is 0. The van der Waals surface area contributed by atoms with E-state index in [4.69, 9.17) is 11.0 Å². The molecule has 2 atom stereocenters. The maximum absolute atomic E-state index is 13.4. The van der Waals surface area contributed by atoms with Crippen LogP contribution in [0.5, 0.6) is 0 Å². The van der Waals surface area contributed by atoms with Crippen molar-refractivity contribution in [1.29, 1.82) is 5.26 Å². The number of benzene rings is 2. The van der Waals surface area contributed by atoms with Gasteiger partial charge < -0.3 is 10.6 Å². The second-order valence-electron chi connectivity index (χ2n) is 7.35. The number of nitrogens with zero attached hydrogens (tertiary/aromatic N) is 5. The molecule has 0 radical (unpaired) electrons. The number of carbonyl (C=O) groups excluding carboxylic acids is 1. The lowest BCUT2D eigenvalue weighted by atomic mass is 10.0. The normalized spacial score (nSPS) is 16.4. The Morgan fingerprint density at radius 2 is 2.06 bits per heavy atom. The summed E-state index contributed by atoms with van der Waals surface area (Å²) in [4.78, 5) is 14.2. The minimum Gasteiger partial charge on any atom is -0.325 e. The molecule has 0 spiro atoms. The van der Waals surface area contributed by atoms with Crippen molar-refractivity contribution in [2.75, 3.05) is 6.54 Å². The molecule has 1 amide bonds. The van der Waals surface area contributed by atoms with Crippen LogP contribution in [0.4, 0.5) is 4.39 Å². The van der Waals surface area contributed by atoms with Crippen molar-refractivity contribution in [1.82, 2.24) is 19.9 Å². The first-order valence-electron chi connectivity index (χ1n) is 9.78. The quantitative estimate of drug-likeness (QED) is 0.657. The van der Waals surface area contributed by atoms with E-state index < -0.39 is 6.04 Å². The van der Waals surface area contributed by atoms with Gasteiger partial charge in [0.2, 0.25) is 5.91 Å². The summed E-state index contributed by atoms with van der Waals surface area (Å²) in [6.07, 6.45) is 3.66. The Kier molecular flexibility index (Phi) is 7.00. The summed E-state index contributed by atoms with van der Waals surface area (Å²) in [5, 5.41) is 17.4. The number of rotatable bonds is 5. The number of hydrogen-bond donors (Lipinski definition) is 1. The van der Waals surface area contributed by atoms with Crippen molar-refractivity contribution < 1.29 is 9.18 Å². The van der Waals surface area contributed by atoms with E-state index in [2.05, 4.69) is 16.4 Å². The van der Waals surface area contributed by atoms with Crippen LogP contribution in [0.2, 0.25) is 0 Å². The Balaban J connectivity index is 0.00000272.